The highest BCUT2D eigenvalue weighted by atomic mass is 19.1. The van der Waals surface area contributed by atoms with Crippen LogP contribution in [0, 0.1) is 15.9 Å². The number of nitrogens with zero attached hydrogens (tertiary/aromatic N) is 1. The van der Waals surface area contributed by atoms with Gasteiger partial charge in [0.05, 0.1) is 4.92 Å². The Morgan fingerprint density at radius 2 is 2.11 bits per heavy atom. The Bertz CT molecular complexity index is 519. The molecule has 1 aromatic rings. The number of hydrogen-bond donors (Lipinski definition) is 2. The first-order valence-corrected chi connectivity index (χ1v) is 5.42. The van der Waals surface area contributed by atoms with E-state index in [-0.39, 0.29) is 18.5 Å². The Morgan fingerprint density at radius 1 is 1.42 bits per heavy atom. The third-order valence-corrected chi connectivity index (χ3v) is 2.29. The van der Waals surface area contributed by atoms with Crippen molar-refractivity contribution >= 4 is 17.5 Å². The third kappa shape index (κ3) is 4.34. The molecule has 0 fully saturated rings. The van der Waals surface area contributed by atoms with Crippen molar-refractivity contribution in [3.05, 3.63) is 39.7 Å². The van der Waals surface area contributed by atoms with Gasteiger partial charge in [-0.25, -0.2) is 0 Å². The number of nitro benzene ring substituents is 1. The highest BCUT2D eigenvalue weighted by Crippen LogP contribution is 2.17. The first-order chi connectivity index (χ1) is 8.91. The standard InChI is InChI=1S/C11H12FN3O4/c12-8-6-7(3-4-9(8)15(18)19)11(17)14-5-1-2-10(13)16/h3-4,6H,1-2,5H2,(H2,13,16)(H,14,17). The normalized spacial score (nSPS) is 9.95. The molecular weight excluding hydrogens is 257 g/mol. The number of carbonyl (C=O) groups is 2. The van der Waals surface area contributed by atoms with E-state index < -0.39 is 28.2 Å². The van der Waals surface area contributed by atoms with Gasteiger partial charge in [0, 0.05) is 24.6 Å². The van der Waals surface area contributed by atoms with Crippen molar-refractivity contribution in [2.75, 3.05) is 6.54 Å². The van der Waals surface area contributed by atoms with Crippen LogP contribution in [0.2, 0.25) is 0 Å². The quantitative estimate of drug-likeness (QED) is 0.450. The second kappa shape index (κ2) is 6.43. The molecule has 0 radical (unpaired) electrons. The molecule has 0 aliphatic rings. The molecule has 0 aliphatic heterocycles. The second-order valence-corrected chi connectivity index (χ2v) is 3.75. The van der Waals surface area contributed by atoms with Crippen LogP contribution >= 0.6 is 0 Å². The topological polar surface area (TPSA) is 115 Å². The molecule has 0 heterocycles. The number of amides is 2. The zero-order valence-corrected chi connectivity index (χ0v) is 9.89. The molecule has 7 nitrogen and oxygen atoms in total. The van der Waals surface area contributed by atoms with Gasteiger partial charge in [-0.15, -0.1) is 0 Å². The van der Waals surface area contributed by atoms with Crippen LogP contribution in [0.25, 0.3) is 0 Å². The maximum atomic E-state index is 13.3. The minimum atomic E-state index is -1.07. The Hall–Kier alpha value is -2.51. The van der Waals surface area contributed by atoms with Gasteiger partial charge in [-0.05, 0) is 18.6 Å². The number of benzene rings is 1. The highest BCUT2D eigenvalue weighted by molar-refractivity contribution is 5.94. The SMILES string of the molecule is NC(=O)CCCNC(=O)c1ccc([N+](=O)[O-])c(F)c1. The Balaban J connectivity index is 2.60. The number of rotatable bonds is 6. The molecule has 0 saturated carbocycles. The Labute approximate surface area is 107 Å². The molecular formula is C11H12FN3O4. The van der Waals surface area contributed by atoms with Crippen LogP contribution in [0.1, 0.15) is 23.2 Å². The molecule has 0 bridgehead atoms. The predicted molar refractivity (Wildman–Crippen MR) is 63.8 cm³/mol. The summed E-state index contributed by atoms with van der Waals surface area (Å²) in [7, 11) is 0. The molecule has 0 aromatic heterocycles. The maximum absolute atomic E-state index is 13.3. The smallest absolute Gasteiger partial charge is 0.304 e. The Morgan fingerprint density at radius 3 is 2.63 bits per heavy atom. The van der Waals surface area contributed by atoms with Gasteiger partial charge < -0.3 is 11.1 Å². The highest BCUT2D eigenvalue weighted by Gasteiger charge is 2.16. The van der Waals surface area contributed by atoms with Crippen LogP contribution in [0.15, 0.2) is 18.2 Å². The van der Waals surface area contributed by atoms with E-state index in [1.165, 1.54) is 0 Å². The molecule has 1 aromatic carbocycles. The van der Waals surface area contributed by atoms with Crippen LogP contribution in [0.4, 0.5) is 10.1 Å². The van der Waals surface area contributed by atoms with E-state index >= 15 is 0 Å². The average molecular weight is 269 g/mol. The summed E-state index contributed by atoms with van der Waals surface area (Å²) in [6.07, 6.45) is 0.505. The number of hydrogen-bond acceptors (Lipinski definition) is 4. The molecule has 19 heavy (non-hydrogen) atoms. The predicted octanol–water partition coefficient (Wildman–Crippen LogP) is 0.729. The lowest BCUT2D eigenvalue weighted by Gasteiger charge is -2.04. The van der Waals surface area contributed by atoms with Crippen molar-refractivity contribution in [1.82, 2.24) is 5.32 Å². The first kappa shape index (κ1) is 14.6. The summed E-state index contributed by atoms with van der Waals surface area (Å²) in [5, 5.41) is 12.8. The van der Waals surface area contributed by atoms with Gasteiger partial charge in [-0.1, -0.05) is 0 Å². The number of halogens is 1. The average Bonchev–Trinajstić information content (AvgIpc) is 2.33. The van der Waals surface area contributed by atoms with Crippen molar-refractivity contribution in [2.45, 2.75) is 12.8 Å². The van der Waals surface area contributed by atoms with E-state index in [1.54, 1.807) is 0 Å². The molecule has 102 valence electrons. The van der Waals surface area contributed by atoms with Gasteiger partial charge in [0.15, 0.2) is 0 Å². The molecule has 0 unspecified atom stereocenters. The zero-order chi connectivity index (χ0) is 14.4. The van der Waals surface area contributed by atoms with Crippen LogP contribution in [-0.4, -0.2) is 23.3 Å². The van der Waals surface area contributed by atoms with E-state index in [0.29, 0.717) is 6.42 Å². The molecule has 1 rings (SSSR count). The summed E-state index contributed by atoms with van der Waals surface area (Å²) in [5.41, 5.74) is 4.20. The van der Waals surface area contributed by atoms with Crippen LogP contribution in [0.3, 0.4) is 0 Å². The summed E-state index contributed by atoms with van der Waals surface area (Å²) in [6.45, 7) is 0.209. The fourth-order valence-corrected chi connectivity index (χ4v) is 1.36. The monoisotopic (exact) mass is 269 g/mol. The first-order valence-electron chi connectivity index (χ1n) is 5.42. The number of nitrogens with one attached hydrogen (secondary N) is 1. The molecule has 0 atom stereocenters. The summed E-state index contributed by atoms with van der Waals surface area (Å²) < 4.78 is 13.3. The van der Waals surface area contributed by atoms with E-state index in [1.807, 2.05) is 0 Å². The molecule has 2 amide bonds. The number of primary amides is 1. The molecule has 0 spiro atoms. The summed E-state index contributed by atoms with van der Waals surface area (Å²) in [4.78, 5) is 31.5. The lowest BCUT2D eigenvalue weighted by atomic mass is 10.2. The van der Waals surface area contributed by atoms with Gasteiger partial charge >= 0.3 is 5.69 Å². The summed E-state index contributed by atoms with van der Waals surface area (Å²) in [6, 6.07) is 2.87. The fourth-order valence-electron chi connectivity index (χ4n) is 1.36. The van der Waals surface area contributed by atoms with Gasteiger partial charge in [0.2, 0.25) is 11.7 Å². The number of nitrogens with two attached hydrogens (primary N) is 1. The second-order valence-electron chi connectivity index (χ2n) is 3.75. The van der Waals surface area contributed by atoms with Crippen molar-refractivity contribution in [2.24, 2.45) is 5.73 Å². The maximum Gasteiger partial charge on any atom is 0.304 e. The van der Waals surface area contributed by atoms with Gasteiger partial charge in [-0.2, -0.15) is 4.39 Å². The van der Waals surface area contributed by atoms with Crippen LogP contribution < -0.4 is 11.1 Å². The van der Waals surface area contributed by atoms with E-state index in [4.69, 9.17) is 5.73 Å². The third-order valence-electron chi connectivity index (χ3n) is 2.29. The lowest BCUT2D eigenvalue weighted by Crippen LogP contribution is -2.25. The van der Waals surface area contributed by atoms with Crippen LogP contribution in [0.5, 0.6) is 0 Å². The van der Waals surface area contributed by atoms with Gasteiger partial charge in [-0.3, -0.25) is 19.7 Å². The fraction of sp³-hybridized carbons (Fsp3) is 0.273. The van der Waals surface area contributed by atoms with Crippen molar-refractivity contribution < 1.29 is 18.9 Å². The van der Waals surface area contributed by atoms with E-state index in [0.717, 1.165) is 18.2 Å². The zero-order valence-electron chi connectivity index (χ0n) is 9.89. The minimum Gasteiger partial charge on any atom is -0.370 e. The molecule has 3 N–H and O–H groups in total. The van der Waals surface area contributed by atoms with Gasteiger partial charge in [0.1, 0.15) is 0 Å². The summed E-state index contributed by atoms with van der Waals surface area (Å²) >= 11 is 0. The van der Waals surface area contributed by atoms with Gasteiger partial charge in [0.25, 0.3) is 5.91 Å². The summed E-state index contributed by atoms with van der Waals surface area (Å²) in [5.74, 6) is -2.12. The van der Waals surface area contributed by atoms with Crippen molar-refractivity contribution in [1.29, 1.82) is 0 Å². The van der Waals surface area contributed by atoms with E-state index in [9.17, 15) is 24.1 Å². The molecule has 8 heteroatoms. The van der Waals surface area contributed by atoms with E-state index in [2.05, 4.69) is 5.32 Å². The largest absolute Gasteiger partial charge is 0.370 e. The molecule has 0 saturated heterocycles. The number of carbonyl (C=O) groups excluding carboxylic acids is 2. The lowest BCUT2D eigenvalue weighted by molar-refractivity contribution is -0.387. The minimum absolute atomic E-state index is 0.0258. The number of nitro groups is 1. The Kier molecular flexibility index (Phi) is 4.92. The van der Waals surface area contributed by atoms with Crippen molar-refractivity contribution in [3.8, 4) is 0 Å². The van der Waals surface area contributed by atoms with Crippen LogP contribution in [-0.2, 0) is 4.79 Å². The molecule has 0 aliphatic carbocycles. The van der Waals surface area contributed by atoms with Crippen molar-refractivity contribution in [3.63, 3.8) is 0 Å².